The van der Waals surface area contributed by atoms with Crippen LogP contribution in [0, 0.1) is 0 Å². The number of para-hydroxylation sites is 1. The van der Waals surface area contributed by atoms with E-state index in [2.05, 4.69) is 27.9 Å². The summed E-state index contributed by atoms with van der Waals surface area (Å²) in [6, 6.07) is 14.3. The quantitative estimate of drug-likeness (QED) is 0.587. The van der Waals surface area contributed by atoms with Crippen LogP contribution < -0.4 is 18.9 Å². The second-order valence-electron chi connectivity index (χ2n) is 7.35. The molecule has 0 spiro atoms. The Bertz CT molecular complexity index is 1130. The highest BCUT2D eigenvalue weighted by molar-refractivity contribution is 7.07. The Hall–Kier alpha value is -3.19. The lowest BCUT2D eigenvalue weighted by Crippen LogP contribution is -2.33. The van der Waals surface area contributed by atoms with Crippen LogP contribution in [0.3, 0.4) is 0 Å². The monoisotopic (exact) mass is 420 g/mol. The van der Waals surface area contributed by atoms with Gasteiger partial charge in [-0.05, 0) is 48.0 Å². The molecule has 2 atom stereocenters. The van der Waals surface area contributed by atoms with E-state index in [4.69, 9.17) is 24.0 Å². The summed E-state index contributed by atoms with van der Waals surface area (Å²) in [5.41, 5.74) is 4.25. The van der Waals surface area contributed by atoms with Crippen molar-refractivity contribution in [2.24, 2.45) is 5.10 Å². The molecular formula is C23H20N2O4S. The minimum atomic E-state index is -0.290. The molecular weight excluding hydrogens is 400 g/mol. The van der Waals surface area contributed by atoms with Gasteiger partial charge in [-0.1, -0.05) is 12.1 Å². The molecule has 3 aliphatic rings. The summed E-state index contributed by atoms with van der Waals surface area (Å²) >= 11 is 1.66. The number of benzene rings is 2. The Balaban J connectivity index is 1.43. The van der Waals surface area contributed by atoms with Crippen LogP contribution in [0.4, 0.5) is 0 Å². The van der Waals surface area contributed by atoms with E-state index in [-0.39, 0.29) is 19.1 Å². The van der Waals surface area contributed by atoms with Crippen LogP contribution in [-0.2, 0) is 0 Å². The average molecular weight is 420 g/mol. The fourth-order valence-corrected chi connectivity index (χ4v) is 4.91. The third kappa shape index (κ3) is 2.73. The predicted molar refractivity (Wildman–Crippen MR) is 114 cm³/mol. The minimum Gasteiger partial charge on any atom is -0.490 e. The first-order chi connectivity index (χ1) is 14.8. The lowest BCUT2D eigenvalue weighted by molar-refractivity contribution is -0.0209. The fraction of sp³-hybridized carbons (Fsp3) is 0.261. The predicted octanol–water partition coefficient (Wildman–Crippen LogP) is 5.12. The van der Waals surface area contributed by atoms with E-state index in [1.807, 2.05) is 37.3 Å². The van der Waals surface area contributed by atoms with Crippen molar-refractivity contribution >= 4 is 17.0 Å². The van der Waals surface area contributed by atoms with Crippen LogP contribution >= 0.6 is 11.3 Å². The highest BCUT2D eigenvalue weighted by Gasteiger charge is 2.42. The molecule has 0 fully saturated rings. The van der Waals surface area contributed by atoms with E-state index >= 15 is 0 Å². The largest absolute Gasteiger partial charge is 0.490 e. The molecule has 0 aliphatic carbocycles. The van der Waals surface area contributed by atoms with Crippen LogP contribution in [0.1, 0.15) is 42.3 Å². The maximum Gasteiger partial charge on any atom is 0.231 e. The lowest BCUT2D eigenvalue weighted by Gasteiger charge is -2.38. The Kier molecular flexibility index (Phi) is 4.09. The molecule has 0 saturated heterocycles. The molecule has 7 heteroatoms. The number of rotatable bonds is 4. The number of ether oxygens (including phenoxy) is 4. The van der Waals surface area contributed by atoms with Gasteiger partial charge in [-0.25, -0.2) is 5.01 Å². The first kappa shape index (κ1) is 17.7. The Morgan fingerprint density at radius 2 is 2.10 bits per heavy atom. The molecule has 0 saturated carbocycles. The van der Waals surface area contributed by atoms with Crippen molar-refractivity contribution in [3.05, 3.63) is 69.9 Å². The van der Waals surface area contributed by atoms with Crippen molar-refractivity contribution in [2.75, 3.05) is 13.4 Å². The molecule has 0 amide bonds. The van der Waals surface area contributed by atoms with Crippen LogP contribution in [-0.4, -0.2) is 24.1 Å². The summed E-state index contributed by atoms with van der Waals surface area (Å²) in [6.07, 6.45) is 0.494. The molecule has 4 heterocycles. The van der Waals surface area contributed by atoms with Crippen molar-refractivity contribution < 1.29 is 18.9 Å². The van der Waals surface area contributed by atoms with Gasteiger partial charge in [0.25, 0.3) is 0 Å². The van der Waals surface area contributed by atoms with Gasteiger partial charge in [0.2, 0.25) is 13.0 Å². The first-order valence-corrected chi connectivity index (χ1v) is 11.0. The molecule has 6 nitrogen and oxygen atoms in total. The molecule has 152 valence electrons. The molecule has 0 N–H and O–H groups in total. The van der Waals surface area contributed by atoms with Crippen molar-refractivity contribution in [3.63, 3.8) is 0 Å². The van der Waals surface area contributed by atoms with Gasteiger partial charge in [0.1, 0.15) is 0 Å². The van der Waals surface area contributed by atoms with Gasteiger partial charge in [0, 0.05) is 23.1 Å². The van der Waals surface area contributed by atoms with Gasteiger partial charge >= 0.3 is 0 Å². The van der Waals surface area contributed by atoms with Gasteiger partial charge in [-0.2, -0.15) is 16.4 Å². The number of hydrazone groups is 1. The molecule has 2 aromatic carbocycles. The average Bonchev–Trinajstić information content (AvgIpc) is 3.53. The van der Waals surface area contributed by atoms with Gasteiger partial charge in [-0.3, -0.25) is 0 Å². The van der Waals surface area contributed by atoms with Crippen molar-refractivity contribution in [2.45, 2.75) is 25.6 Å². The topological polar surface area (TPSA) is 52.5 Å². The second kappa shape index (κ2) is 6.95. The van der Waals surface area contributed by atoms with Crippen molar-refractivity contribution in [1.29, 1.82) is 0 Å². The van der Waals surface area contributed by atoms with Gasteiger partial charge in [-0.15, -0.1) is 0 Å². The van der Waals surface area contributed by atoms with E-state index in [1.54, 1.807) is 11.3 Å². The molecule has 0 radical (unpaired) electrons. The summed E-state index contributed by atoms with van der Waals surface area (Å²) in [7, 11) is 0. The summed E-state index contributed by atoms with van der Waals surface area (Å²) in [5.74, 6) is 3.15. The van der Waals surface area contributed by atoms with E-state index in [1.165, 1.54) is 0 Å². The van der Waals surface area contributed by atoms with Crippen LogP contribution in [0.15, 0.2) is 58.3 Å². The molecule has 0 bridgehead atoms. The molecule has 0 unspecified atom stereocenters. The summed E-state index contributed by atoms with van der Waals surface area (Å²) in [4.78, 5) is 0. The lowest BCUT2D eigenvalue weighted by atomic mass is 9.95. The number of thiophene rings is 1. The zero-order valence-corrected chi connectivity index (χ0v) is 17.2. The molecule has 3 aliphatic heterocycles. The minimum absolute atomic E-state index is 0.0829. The first-order valence-electron chi connectivity index (χ1n) is 10.0. The van der Waals surface area contributed by atoms with Gasteiger partial charge < -0.3 is 18.9 Å². The normalized spacial score (nSPS) is 21.0. The highest BCUT2D eigenvalue weighted by Crippen LogP contribution is 2.51. The van der Waals surface area contributed by atoms with Crippen LogP contribution in [0.2, 0.25) is 0 Å². The zero-order valence-electron chi connectivity index (χ0n) is 16.4. The Morgan fingerprint density at radius 1 is 1.17 bits per heavy atom. The van der Waals surface area contributed by atoms with E-state index < -0.39 is 0 Å². The third-order valence-electron chi connectivity index (χ3n) is 5.61. The number of hydrogen-bond acceptors (Lipinski definition) is 7. The smallest absolute Gasteiger partial charge is 0.231 e. The fourth-order valence-electron chi connectivity index (χ4n) is 4.24. The van der Waals surface area contributed by atoms with Gasteiger partial charge in [0.15, 0.2) is 23.0 Å². The maximum absolute atomic E-state index is 6.49. The molecule has 3 aromatic rings. The highest BCUT2D eigenvalue weighted by atomic mass is 32.1. The molecule has 6 rings (SSSR count). The van der Waals surface area contributed by atoms with E-state index in [0.29, 0.717) is 6.61 Å². The Labute approximate surface area is 178 Å². The van der Waals surface area contributed by atoms with E-state index in [0.717, 1.165) is 51.8 Å². The summed E-state index contributed by atoms with van der Waals surface area (Å²) < 4.78 is 23.4. The van der Waals surface area contributed by atoms with Gasteiger partial charge in [0.05, 0.1) is 18.4 Å². The third-order valence-corrected chi connectivity index (χ3v) is 6.32. The van der Waals surface area contributed by atoms with Crippen LogP contribution in [0.25, 0.3) is 0 Å². The standard InChI is InChI=1S/C23H20N2O4S/c1-2-26-20-5-3-4-16-18-11-17(14-6-7-19-21(10-14)28-13-27-19)24-25(18)23(29-22(16)20)15-8-9-30-12-15/h3-10,12,18,23H,2,11,13H2,1H3/t18-,23+/m1/s1. The summed E-state index contributed by atoms with van der Waals surface area (Å²) in [5, 5.41) is 11.3. The summed E-state index contributed by atoms with van der Waals surface area (Å²) in [6.45, 7) is 2.85. The zero-order chi connectivity index (χ0) is 20.1. The Morgan fingerprint density at radius 3 is 2.97 bits per heavy atom. The number of fused-ring (bicyclic) bond motifs is 4. The van der Waals surface area contributed by atoms with Crippen molar-refractivity contribution in [3.8, 4) is 23.0 Å². The van der Waals surface area contributed by atoms with E-state index in [9.17, 15) is 0 Å². The molecule has 1 aromatic heterocycles. The second-order valence-corrected chi connectivity index (χ2v) is 8.13. The number of hydrogen-bond donors (Lipinski definition) is 0. The molecule has 30 heavy (non-hydrogen) atoms. The number of nitrogens with zero attached hydrogens (tertiary/aromatic N) is 2. The van der Waals surface area contributed by atoms with Crippen LogP contribution in [0.5, 0.6) is 23.0 Å². The maximum atomic E-state index is 6.49. The van der Waals surface area contributed by atoms with Crippen molar-refractivity contribution in [1.82, 2.24) is 5.01 Å². The SMILES string of the molecule is CCOc1cccc2c1O[C@@H](c1ccsc1)N1N=C(c3ccc4c(c3)OCO4)C[C@H]21.